The maximum absolute atomic E-state index is 2.41. The van der Waals surface area contributed by atoms with Crippen LogP contribution >= 0.6 is 0 Å². The SMILES string of the molecule is Cc1ccc(CN(c2ccccc2)c2ccc(C)cc2C)c(C)c1. The number of nitrogens with zero attached hydrogens (tertiary/aromatic N) is 1. The van der Waals surface area contributed by atoms with Gasteiger partial charge in [-0.05, 0) is 62.6 Å². The number of rotatable bonds is 4. The Morgan fingerprint density at radius 1 is 0.667 bits per heavy atom. The molecule has 0 unspecified atom stereocenters. The zero-order valence-corrected chi connectivity index (χ0v) is 15.0. The molecule has 0 bridgehead atoms. The third kappa shape index (κ3) is 3.51. The Bertz CT molecular complexity index is 834. The summed E-state index contributed by atoms with van der Waals surface area (Å²) in [6.45, 7) is 9.57. The van der Waals surface area contributed by atoms with Crippen LogP contribution in [0.1, 0.15) is 27.8 Å². The molecule has 0 spiro atoms. The lowest BCUT2D eigenvalue weighted by atomic mass is 10.0. The number of para-hydroxylation sites is 1. The Kier molecular flexibility index (Phi) is 4.71. The fourth-order valence-corrected chi connectivity index (χ4v) is 3.23. The lowest BCUT2D eigenvalue weighted by Crippen LogP contribution is -2.18. The van der Waals surface area contributed by atoms with Gasteiger partial charge in [0, 0.05) is 17.9 Å². The molecule has 0 amide bonds. The molecule has 1 nitrogen and oxygen atoms in total. The Morgan fingerprint density at radius 3 is 1.92 bits per heavy atom. The molecule has 3 rings (SSSR count). The average Bonchev–Trinajstić information content (AvgIpc) is 2.56. The lowest BCUT2D eigenvalue weighted by Gasteiger charge is -2.28. The van der Waals surface area contributed by atoms with E-state index in [1.165, 1.54) is 39.2 Å². The first-order valence-corrected chi connectivity index (χ1v) is 8.50. The first-order valence-electron chi connectivity index (χ1n) is 8.50. The van der Waals surface area contributed by atoms with Gasteiger partial charge in [0.25, 0.3) is 0 Å². The van der Waals surface area contributed by atoms with E-state index in [9.17, 15) is 0 Å². The molecule has 0 aliphatic rings. The molecule has 24 heavy (non-hydrogen) atoms. The van der Waals surface area contributed by atoms with Crippen LogP contribution in [-0.4, -0.2) is 0 Å². The van der Waals surface area contributed by atoms with Crippen molar-refractivity contribution in [3.63, 3.8) is 0 Å². The second kappa shape index (κ2) is 6.92. The molecule has 1 heteroatoms. The van der Waals surface area contributed by atoms with E-state index >= 15 is 0 Å². The van der Waals surface area contributed by atoms with Crippen LogP contribution in [-0.2, 0) is 6.54 Å². The van der Waals surface area contributed by atoms with Crippen LogP contribution in [0.3, 0.4) is 0 Å². The van der Waals surface area contributed by atoms with Gasteiger partial charge in [-0.1, -0.05) is 59.7 Å². The molecule has 122 valence electrons. The van der Waals surface area contributed by atoms with Crippen LogP contribution in [0.2, 0.25) is 0 Å². The topological polar surface area (TPSA) is 3.24 Å². The molecule has 3 aromatic rings. The fourth-order valence-electron chi connectivity index (χ4n) is 3.23. The minimum atomic E-state index is 0.875. The summed E-state index contributed by atoms with van der Waals surface area (Å²) in [5.41, 5.74) is 9.13. The molecule has 0 N–H and O–H groups in total. The quantitative estimate of drug-likeness (QED) is 0.549. The molecule has 0 radical (unpaired) electrons. The van der Waals surface area contributed by atoms with Gasteiger partial charge in [0.15, 0.2) is 0 Å². The highest BCUT2D eigenvalue weighted by Crippen LogP contribution is 2.31. The smallest absolute Gasteiger partial charge is 0.0484 e. The molecule has 0 aliphatic heterocycles. The highest BCUT2D eigenvalue weighted by Gasteiger charge is 2.13. The largest absolute Gasteiger partial charge is 0.337 e. The summed E-state index contributed by atoms with van der Waals surface area (Å²) in [4.78, 5) is 2.41. The summed E-state index contributed by atoms with van der Waals surface area (Å²) < 4.78 is 0. The summed E-state index contributed by atoms with van der Waals surface area (Å²) >= 11 is 0. The Hall–Kier alpha value is -2.54. The van der Waals surface area contributed by atoms with Crippen LogP contribution in [0.15, 0.2) is 66.7 Å². The summed E-state index contributed by atoms with van der Waals surface area (Å²) in [5, 5.41) is 0. The number of hydrogen-bond acceptors (Lipinski definition) is 1. The molecule has 0 aliphatic carbocycles. The second-order valence-corrected chi connectivity index (χ2v) is 6.64. The normalized spacial score (nSPS) is 10.7. The van der Waals surface area contributed by atoms with Crippen molar-refractivity contribution in [1.82, 2.24) is 0 Å². The van der Waals surface area contributed by atoms with Crippen LogP contribution in [0, 0.1) is 27.7 Å². The highest BCUT2D eigenvalue weighted by atomic mass is 15.1. The van der Waals surface area contributed by atoms with Gasteiger partial charge >= 0.3 is 0 Å². The van der Waals surface area contributed by atoms with E-state index in [1.807, 2.05) is 0 Å². The highest BCUT2D eigenvalue weighted by molar-refractivity contribution is 5.67. The van der Waals surface area contributed by atoms with E-state index in [-0.39, 0.29) is 0 Å². The van der Waals surface area contributed by atoms with Crippen molar-refractivity contribution in [1.29, 1.82) is 0 Å². The molecule has 0 heterocycles. The van der Waals surface area contributed by atoms with Gasteiger partial charge in [-0.25, -0.2) is 0 Å². The maximum atomic E-state index is 2.41. The molecular formula is C23H25N. The van der Waals surface area contributed by atoms with E-state index in [0.29, 0.717) is 0 Å². The minimum absolute atomic E-state index is 0.875. The maximum Gasteiger partial charge on any atom is 0.0484 e. The van der Waals surface area contributed by atoms with Crippen molar-refractivity contribution in [2.45, 2.75) is 34.2 Å². The summed E-state index contributed by atoms with van der Waals surface area (Å²) in [7, 11) is 0. The molecule has 0 saturated carbocycles. The van der Waals surface area contributed by atoms with Gasteiger partial charge in [-0.15, -0.1) is 0 Å². The van der Waals surface area contributed by atoms with Crippen molar-refractivity contribution < 1.29 is 0 Å². The van der Waals surface area contributed by atoms with Gasteiger partial charge in [0.2, 0.25) is 0 Å². The van der Waals surface area contributed by atoms with Crippen LogP contribution in [0.5, 0.6) is 0 Å². The van der Waals surface area contributed by atoms with E-state index in [2.05, 4.69) is 99.3 Å². The molecular weight excluding hydrogens is 290 g/mol. The standard InChI is InChI=1S/C23H25N/c1-17-10-12-21(19(3)14-17)16-24(22-8-6-5-7-9-22)23-13-11-18(2)15-20(23)4/h5-15H,16H2,1-4H3. The van der Waals surface area contributed by atoms with Gasteiger partial charge in [0.05, 0.1) is 0 Å². The van der Waals surface area contributed by atoms with E-state index < -0.39 is 0 Å². The predicted molar refractivity (Wildman–Crippen MR) is 104 cm³/mol. The van der Waals surface area contributed by atoms with Gasteiger partial charge in [-0.2, -0.15) is 0 Å². The van der Waals surface area contributed by atoms with Crippen molar-refractivity contribution >= 4 is 11.4 Å². The van der Waals surface area contributed by atoms with Crippen molar-refractivity contribution in [2.24, 2.45) is 0 Å². The summed E-state index contributed by atoms with van der Waals surface area (Å²) in [6.07, 6.45) is 0. The third-order valence-electron chi connectivity index (χ3n) is 4.54. The second-order valence-electron chi connectivity index (χ2n) is 6.64. The van der Waals surface area contributed by atoms with Crippen LogP contribution < -0.4 is 4.90 Å². The minimum Gasteiger partial charge on any atom is -0.337 e. The van der Waals surface area contributed by atoms with Crippen LogP contribution in [0.25, 0.3) is 0 Å². The fraction of sp³-hybridized carbons (Fsp3) is 0.217. The lowest BCUT2D eigenvalue weighted by molar-refractivity contribution is 0.955. The Labute approximate surface area is 145 Å². The van der Waals surface area contributed by atoms with Crippen LogP contribution in [0.4, 0.5) is 11.4 Å². The van der Waals surface area contributed by atoms with Crippen molar-refractivity contribution in [2.75, 3.05) is 4.90 Å². The average molecular weight is 315 g/mol. The van der Waals surface area contributed by atoms with E-state index in [1.54, 1.807) is 0 Å². The summed E-state index contributed by atoms with van der Waals surface area (Å²) in [6, 6.07) is 24.1. The predicted octanol–water partition coefficient (Wildman–Crippen LogP) is 6.26. The molecule has 0 saturated heterocycles. The van der Waals surface area contributed by atoms with E-state index in [0.717, 1.165) is 6.54 Å². The van der Waals surface area contributed by atoms with E-state index in [4.69, 9.17) is 0 Å². The van der Waals surface area contributed by atoms with Gasteiger partial charge < -0.3 is 4.90 Å². The Morgan fingerprint density at radius 2 is 1.29 bits per heavy atom. The molecule has 0 atom stereocenters. The zero-order valence-electron chi connectivity index (χ0n) is 15.0. The monoisotopic (exact) mass is 315 g/mol. The number of hydrogen-bond donors (Lipinski definition) is 0. The van der Waals surface area contributed by atoms with Crippen molar-refractivity contribution in [3.05, 3.63) is 94.5 Å². The number of anilines is 2. The van der Waals surface area contributed by atoms with Crippen molar-refractivity contribution in [3.8, 4) is 0 Å². The first-order chi connectivity index (χ1) is 11.5. The first kappa shape index (κ1) is 16.3. The molecule has 0 fully saturated rings. The molecule has 0 aromatic heterocycles. The molecule has 3 aromatic carbocycles. The number of aryl methyl sites for hydroxylation is 4. The zero-order chi connectivity index (χ0) is 17.1. The van der Waals surface area contributed by atoms with Gasteiger partial charge in [0.1, 0.15) is 0 Å². The Balaban J connectivity index is 2.05. The third-order valence-corrected chi connectivity index (χ3v) is 4.54. The number of benzene rings is 3. The summed E-state index contributed by atoms with van der Waals surface area (Å²) in [5.74, 6) is 0. The van der Waals surface area contributed by atoms with Gasteiger partial charge in [-0.3, -0.25) is 0 Å².